The molecule has 0 aliphatic carbocycles. The zero-order valence-electron chi connectivity index (χ0n) is 16.4. The van der Waals surface area contributed by atoms with Crippen molar-refractivity contribution >= 4 is 22.6 Å². The second kappa shape index (κ2) is 8.18. The molecule has 1 aromatic heterocycles. The Balaban J connectivity index is 1.92. The van der Waals surface area contributed by atoms with E-state index in [1.807, 2.05) is 31.2 Å². The summed E-state index contributed by atoms with van der Waals surface area (Å²) in [5.41, 5.74) is 2.72. The molecule has 2 atom stereocenters. The van der Waals surface area contributed by atoms with E-state index >= 15 is 0 Å². The van der Waals surface area contributed by atoms with Gasteiger partial charge in [0.15, 0.2) is 6.10 Å². The highest BCUT2D eigenvalue weighted by Crippen LogP contribution is 2.30. The summed E-state index contributed by atoms with van der Waals surface area (Å²) >= 11 is 0. The molecule has 0 saturated carbocycles. The summed E-state index contributed by atoms with van der Waals surface area (Å²) in [6, 6.07) is 11.9. The number of benzene rings is 2. The maximum atomic E-state index is 12.4. The topological polar surface area (TPSA) is 108 Å². The predicted molar refractivity (Wildman–Crippen MR) is 110 cm³/mol. The first-order valence-corrected chi connectivity index (χ1v) is 9.19. The number of carboxylic acid groups (broad SMARTS) is 1. The van der Waals surface area contributed by atoms with Crippen molar-refractivity contribution < 1.29 is 19.4 Å². The molecule has 0 saturated heterocycles. The molecule has 7 nitrogen and oxygen atoms in total. The predicted octanol–water partition coefficient (Wildman–Crippen LogP) is 2.86. The Bertz CT molecular complexity index is 1140. The van der Waals surface area contributed by atoms with Crippen LogP contribution in [0.5, 0.6) is 5.75 Å². The van der Waals surface area contributed by atoms with Crippen molar-refractivity contribution in [1.29, 1.82) is 0 Å². The van der Waals surface area contributed by atoms with E-state index in [2.05, 4.69) is 10.3 Å². The third-order valence-electron chi connectivity index (χ3n) is 4.72. The van der Waals surface area contributed by atoms with E-state index in [-0.39, 0.29) is 5.56 Å². The molecule has 0 radical (unpaired) electrons. The monoisotopic (exact) mass is 394 g/mol. The van der Waals surface area contributed by atoms with Gasteiger partial charge in [0.05, 0.1) is 5.39 Å². The number of aryl methyl sites for hydroxylation is 1. The molecule has 0 fully saturated rings. The standard InChI is InChI=1S/C22H22N2O5/c1-12-6-4-5-7-16(12)19-11-23-21(26)18-10-15(8-9-17(18)19)29-14(3)20(25)24-13(2)22(27)28/h4-11,13-14H,1-3H3,(H,23,26)(H,24,25)(H,27,28)/t13-,14+/m0/s1. The SMILES string of the molecule is Cc1ccccc1-c1c[nH]c(=O)c2cc(O[C@H](C)C(=O)N[C@@H](C)C(=O)O)ccc12. The van der Waals surface area contributed by atoms with Crippen molar-refractivity contribution in [3.05, 3.63) is 64.6 Å². The van der Waals surface area contributed by atoms with Crippen LogP contribution in [-0.2, 0) is 9.59 Å². The molecule has 3 aromatic rings. The zero-order valence-corrected chi connectivity index (χ0v) is 16.4. The first-order valence-electron chi connectivity index (χ1n) is 9.19. The summed E-state index contributed by atoms with van der Waals surface area (Å²) in [6.07, 6.45) is 0.768. The van der Waals surface area contributed by atoms with Crippen molar-refractivity contribution in [1.82, 2.24) is 10.3 Å². The number of aliphatic carboxylic acids is 1. The van der Waals surface area contributed by atoms with Gasteiger partial charge in [-0.1, -0.05) is 24.3 Å². The average Bonchev–Trinajstić information content (AvgIpc) is 2.69. The van der Waals surface area contributed by atoms with Crippen LogP contribution >= 0.6 is 0 Å². The number of carbonyl (C=O) groups is 2. The van der Waals surface area contributed by atoms with E-state index in [1.165, 1.54) is 13.8 Å². The minimum Gasteiger partial charge on any atom is -0.481 e. The van der Waals surface area contributed by atoms with Crippen LogP contribution in [0.4, 0.5) is 0 Å². The molecule has 0 spiro atoms. The Morgan fingerprint density at radius 1 is 1.07 bits per heavy atom. The van der Waals surface area contributed by atoms with Gasteiger partial charge in [-0.2, -0.15) is 0 Å². The van der Waals surface area contributed by atoms with Gasteiger partial charge >= 0.3 is 5.97 Å². The maximum absolute atomic E-state index is 12.4. The minimum absolute atomic E-state index is 0.264. The Kier molecular flexibility index (Phi) is 5.68. The molecule has 2 aromatic carbocycles. The fourth-order valence-corrected chi connectivity index (χ4v) is 3.06. The number of hydrogen-bond acceptors (Lipinski definition) is 4. The number of rotatable bonds is 6. The van der Waals surface area contributed by atoms with Crippen molar-refractivity contribution in [3.63, 3.8) is 0 Å². The van der Waals surface area contributed by atoms with Gasteiger partial charge in [0.2, 0.25) is 0 Å². The quantitative estimate of drug-likeness (QED) is 0.596. The lowest BCUT2D eigenvalue weighted by atomic mass is 9.97. The highest BCUT2D eigenvalue weighted by molar-refractivity contribution is 5.97. The summed E-state index contributed by atoms with van der Waals surface area (Å²) < 4.78 is 5.63. The first-order chi connectivity index (χ1) is 13.8. The highest BCUT2D eigenvalue weighted by atomic mass is 16.5. The van der Waals surface area contributed by atoms with E-state index < -0.39 is 24.0 Å². The Hall–Kier alpha value is -3.61. The molecular weight excluding hydrogens is 372 g/mol. The second-order valence-electron chi connectivity index (χ2n) is 6.88. The number of aromatic nitrogens is 1. The van der Waals surface area contributed by atoms with E-state index in [0.29, 0.717) is 11.1 Å². The zero-order chi connectivity index (χ0) is 21.1. The molecule has 0 bridgehead atoms. The number of hydrogen-bond donors (Lipinski definition) is 3. The highest BCUT2D eigenvalue weighted by Gasteiger charge is 2.20. The molecule has 150 valence electrons. The van der Waals surface area contributed by atoms with E-state index in [1.54, 1.807) is 24.4 Å². The lowest BCUT2D eigenvalue weighted by Gasteiger charge is -2.17. The molecule has 3 N–H and O–H groups in total. The maximum Gasteiger partial charge on any atom is 0.325 e. The van der Waals surface area contributed by atoms with Crippen LogP contribution in [0, 0.1) is 6.92 Å². The average molecular weight is 394 g/mol. The summed E-state index contributed by atoms with van der Waals surface area (Å²) in [6.45, 7) is 4.89. The number of carboxylic acids is 1. The first kappa shape index (κ1) is 20.1. The van der Waals surface area contributed by atoms with E-state index in [9.17, 15) is 14.4 Å². The van der Waals surface area contributed by atoms with Gasteiger partial charge in [0.1, 0.15) is 11.8 Å². The molecule has 3 rings (SSSR count). The van der Waals surface area contributed by atoms with Gasteiger partial charge in [-0.25, -0.2) is 0 Å². The van der Waals surface area contributed by atoms with Gasteiger partial charge in [0.25, 0.3) is 11.5 Å². The Labute approximate surface area is 167 Å². The fourth-order valence-electron chi connectivity index (χ4n) is 3.06. The molecule has 0 unspecified atom stereocenters. The summed E-state index contributed by atoms with van der Waals surface area (Å²) in [4.78, 5) is 38.1. The number of H-pyrrole nitrogens is 1. The molecule has 0 aliphatic rings. The van der Waals surface area contributed by atoms with E-state index in [4.69, 9.17) is 9.84 Å². The third kappa shape index (κ3) is 4.29. The van der Waals surface area contributed by atoms with Crippen LogP contribution in [0.25, 0.3) is 21.9 Å². The van der Waals surface area contributed by atoms with Crippen LogP contribution in [-0.4, -0.2) is 34.1 Å². The number of fused-ring (bicyclic) bond motifs is 1. The number of ether oxygens (including phenoxy) is 1. The Morgan fingerprint density at radius 2 is 1.79 bits per heavy atom. The number of pyridine rings is 1. The molecule has 29 heavy (non-hydrogen) atoms. The number of amides is 1. The Morgan fingerprint density at radius 3 is 2.48 bits per heavy atom. The number of aromatic amines is 1. The van der Waals surface area contributed by atoms with Gasteiger partial charge in [-0.15, -0.1) is 0 Å². The molecule has 1 heterocycles. The van der Waals surface area contributed by atoms with Crippen LogP contribution in [0.15, 0.2) is 53.5 Å². The molecular formula is C22H22N2O5. The van der Waals surface area contributed by atoms with E-state index in [0.717, 1.165) is 22.1 Å². The van der Waals surface area contributed by atoms with Crippen molar-refractivity contribution in [2.75, 3.05) is 0 Å². The van der Waals surface area contributed by atoms with Crippen LogP contribution in [0.2, 0.25) is 0 Å². The lowest BCUT2D eigenvalue weighted by Crippen LogP contribution is -2.44. The summed E-state index contributed by atoms with van der Waals surface area (Å²) in [5.74, 6) is -1.34. The lowest BCUT2D eigenvalue weighted by molar-refractivity contribution is -0.142. The van der Waals surface area contributed by atoms with Gasteiger partial charge in [-0.05, 0) is 55.5 Å². The van der Waals surface area contributed by atoms with Gasteiger partial charge in [0, 0.05) is 11.8 Å². The summed E-state index contributed by atoms with van der Waals surface area (Å²) in [5, 5.41) is 12.5. The van der Waals surface area contributed by atoms with Gasteiger partial charge in [-0.3, -0.25) is 14.4 Å². The number of nitrogens with one attached hydrogen (secondary N) is 2. The smallest absolute Gasteiger partial charge is 0.325 e. The van der Waals surface area contributed by atoms with Crippen molar-refractivity contribution in [3.8, 4) is 16.9 Å². The van der Waals surface area contributed by atoms with Gasteiger partial charge < -0.3 is 20.1 Å². The summed E-state index contributed by atoms with van der Waals surface area (Å²) in [7, 11) is 0. The molecule has 0 aliphatic heterocycles. The minimum atomic E-state index is -1.13. The fraction of sp³-hybridized carbons (Fsp3) is 0.227. The normalized spacial score (nSPS) is 12.9. The van der Waals surface area contributed by atoms with Crippen LogP contribution in [0.3, 0.4) is 0 Å². The molecule has 7 heteroatoms. The van der Waals surface area contributed by atoms with Crippen molar-refractivity contribution in [2.24, 2.45) is 0 Å². The van der Waals surface area contributed by atoms with Crippen LogP contribution in [0.1, 0.15) is 19.4 Å². The second-order valence-corrected chi connectivity index (χ2v) is 6.88. The third-order valence-corrected chi connectivity index (χ3v) is 4.72. The number of carbonyl (C=O) groups excluding carboxylic acids is 1. The van der Waals surface area contributed by atoms with Crippen LogP contribution < -0.4 is 15.6 Å². The van der Waals surface area contributed by atoms with Crippen molar-refractivity contribution in [2.45, 2.75) is 32.9 Å². The molecule has 1 amide bonds. The largest absolute Gasteiger partial charge is 0.481 e.